The molecule has 1 heterocycles. The van der Waals surface area contributed by atoms with Gasteiger partial charge >= 0.3 is 0 Å². The minimum atomic E-state index is 0.661. The Labute approximate surface area is 97.0 Å². The summed E-state index contributed by atoms with van der Waals surface area (Å²) in [5.74, 6) is 0. The Morgan fingerprint density at radius 3 is 2.31 bits per heavy atom. The Hall–Kier alpha value is -1.10. The van der Waals surface area contributed by atoms with Crippen LogP contribution in [0, 0.1) is 0 Å². The topological polar surface area (TPSA) is 73.3 Å². The second-order valence-corrected chi connectivity index (χ2v) is 3.60. The number of morpholine rings is 1. The lowest BCUT2D eigenvalue weighted by Gasteiger charge is -2.10. The number of nitrogens with two attached hydrogens (primary N) is 2. The predicted molar refractivity (Wildman–Crippen MR) is 67.3 cm³/mol. The van der Waals surface area contributed by atoms with Gasteiger partial charge in [-0.15, -0.1) is 0 Å². The number of hydrogen-bond donors (Lipinski definition) is 3. The van der Waals surface area contributed by atoms with Gasteiger partial charge in [-0.3, -0.25) is 0 Å². The number of benzene rings is 1. The standard InChI is InChI=1S/C8H12N2.C4H9NO/c9-6-5-7-3-1-2-4-8(7)10;1-3-6-4-2-5-1/h1-4H,5-6,9-10H2;5H,1-4H2. The number of anilines is 1. The van der Waals surface area contributed by atoms with Gasteiger partial charge < -0.3 is 21.5 Å². The summed E-state index contributed by atoms with van der Waals surface area (Å²) in [4.78, 5) is 0. The molecule has 1 aliphatic rings. The lowest BCUT2D eigenvalue weighted by molar-refractivity contribution is 0.109. The van der Waals surface area contributed by atoms with Crippen molar-refractivity contribution in [3.05, 3.63) is 29.8 Å². The van der Waals surface area contributed by atoms with E-state index in [-0.39, 0.29) is 0 Å². The molecule has 0 amide bonds. The first-order valence-electron chi connectivity index (χ1n) is 5.66. The van der Waals surface area contributed by atoms with Gasteiger partial charge in [0.2, 0.25) is 0 Å². The molecule has 16 heavy (non-hydrogen) atoms. The molecule has 1 aromatic carbocycles. The van der Waals surface area contributed by atoms with E-state index in [1.807, 2.05) is 24.3 Å². The minimum absolute atomic E-state index is 0.661. The van der Waals surface area contributed by atoms with Gasteiger partial charge in [0.1, 0.15) is 0 Å². The third-order valence-corrected chi connectivity index (χ3v) is 2.32. The molecule has 1 aromatic rings. The van der Waals surface area contributed by atoms with Crippen molar-refractivity contribution in [2.45, 2.75) is 6.42 Å². The van der Waals surface area contributed by atoms with Crippen molar-refractivity contribution in [3.63, 3.8) is 0 Å². The Morgan fingerprint density at radius 2 is 1.88 bits per heavy atom. The fourth-order valence-corrected chi connectivity index (χ4v) is 1.43. The molecule has 0 unspecified atom stereocenters. The highest BCUT2D eigenvalue weighted by Crippen LogP contribution is 2.09. The fourth-order valence-electron chi connectivity index (χ4n) is 1.43. The van der Waals surface area contributed by atoms with Crippen LogP contribution in [0.15, 0.2) is 24.3 Å². The van der Waals surface area contributed by atoms with E-state index in [1.54, 1.807) is 0 Å². The molecule has 2 rings (SSSR count). The van der Waals surface area contributed by atoms with Crippen LogP contribution in [-0.2, 0) is 11.2 Å². The number of nitrogens with one attached hydrogen (secondary N) is 1. The van der Waals surface area contributed by atoms with Crippen LogP contribution in [0.5, 0.6) is 0 Å². The minimum Gasteiger partial charge on any atom is -0.399 e. The van der Waals surface area contributed by atoms with Crippen molar-refractivity contribution in [2.75, 3.05) is 38.6 Å². The van der Waals surface area contributed by atoms with Crippen molar-refractivity contribution < 1.29 is 4.74 Å². The molecule has 90 valence electrons. The second kappa shape index (κ2) is 8.10. The van der Waals surface area contributed by atoms with Crippen LogP contribution in [-0.4, -0.2) is 32.8 Å². The third kappa shape index (κ3) is 5.11. The van der Waals surface area contributed by atoms with E-state index in [0.717, 1.165) is 44.0 Å². The average molecular weight is 223 g/mol. The summed E-state index contributed by atoms with van der Waals surface area (Å²) in [6.45, 7) is 4.49. The first-order valence-corrected chi connectivity index (χ1v) is 5.66. The summed E-state index contributed by atoms with van der Waals surface area (Å²) < 4.78 is 5.01. The molecule has 0 aromatic heterocycles. The highest BCUT2D eigenvalue weighted by atomic mass is 16.5. The summed E-state index contributed by atoms with van der Waals surface area (Å²) >= 11 is 0. The third-order valence-electron chi connectivity index (χ3n) is 2.32. The van der Waals surface area contributed by atoms with E-state index in [0.29, 0.717) is 6.54 Å². The zero-order chi connectivity index (χ0) is 11.6. The number of hydrogen-bond acceptors (Lipinski definition) is 4. The lowest BCUT2D eigenvalue weighted by atomic mass is 10.1. The Bertz CT molecular complexity index is 276. The summed E-state index contributed by atoms with van der Waals surface area (Å²) in [7, 11) is 0. The normalized spacial score (nSPS) is 15.1. The number of nitrogen functional groups attached to an aromatic ring is 1. The van der Waals surface area contributed by atoms with E-state index in [1.165, 1.54) is 0 Å². The summed E-state index contributed by atoms with van der Waals surface area (Å²) in [6, 6.07) is 7.80. The molecule has 1 saturated heterocycles. The Morgan fingerprint density at radius 1 is 1.19 bits per heavy atom. The zero-order valence-corrected chi connectivity index (χ0v) is 9.61. The van der Waals surface area contributed by atoms with Gasteiger partial charge in [0.05, 0.1) is 13.2 Å². The largest absolute Gasteiger partial charge is 0.399 e. The first kappa shape index (κ1) is 13.0. The quantitative estimate of drug-likeness (QED) is 0.634. The highest BCUT2D eigenvalue weighted by Gasteiger charge is 1.93. The molecule has 0 aliphatic carbocycles. The van der Waals surface area contributed by atoms with E-state index >= 15 is 0 Å². The average Bonchev–Trinajstić information content (AvgIpc) is 2.35. The van der Waals surface area contributed by atoms with Crippen molar-refractivity contribution >= 4 is 5.69 Å². The summed E-state index contributed by atoms with van der Waals surface area (Å²) in [6.07, 6.45) is 0.868. The molecular formula is C12H21N3O. The van der Waals surface area contributed by atoms with Crippen LogP contribution in [0.2, 0.25) is 0 Å². The van der Waals surface area contributed by atoms with Crippen LogP contribution in [0.4, 0.5) is 5.69 Å². The van der Waals surface area contributed by atoms with Gasteiger partial charge in [-0.1, -0.05) is 18.2 Å². The van der Waals surface area contributed by atoms with Crippen molar-refractivity contribution in [3.8, 4) is 0 Å². The van der Waals surface area contributed by atoms with Gasteiger partial charge in [-0.05, 0) is 24.6 Å². The van der Waals surface area contributed by atoms with Gasteiger partial charge in [0.25, 0.3) is 0 Å². The SMILES string of the molecule is C1COCCN1.NCCc1ccccc1N. The van der Waals surface area contributed by atoms with Crippen molar-refractivity contribution in [1.82, 2.24) is 5.32 Å². The second-order valence-electron chi connectivity index (χ2n) is 3.60. The van der Waals surface area contributed by atoms with E-state index < -0.39 is 0 Å². The molecule has 4 heteroatoms. The van der Waals surface area contributed by atoms with Gasteiger partial charge in [-0.2, -0.15) is 0 Å². The number of para-hydroxylation sites is 1. The van der Waals surface area contributed by atoms with E-state index in [9.17, 15) is 0 Å². The molecule has 0 spiro atoms. The van der Waals surface area contributed by atoms with Crippen molar-refractivity contribution in [2.24, 2.45) is 5.73 Å². The molecule has 0 bridgehead atoms. The maximum absolute atomic E-state index is 5.65. The van der Waals surface area contributed by atoms with Crippen LogP contribution >= 0.6 is 0 Å². The Kier molecular flexibility index (Phi) is 6.56. The van der Waals surface area contributed by atoms with Crippen LogP contribution < -0.4 is 16.8 Å². The smallest absolute Gasteiger partial charge is 0.0591 e. The van der Waals surface area contributed by atoms with Crippen molar-refractivity contribution in [1.29, 1.82) is 0 Å². The molecule has 4 nitrogen and oxygen atoms in total. The maximum Gasteiger partial charge on any atom is 0.0591 e. The van der Waals surface area contributed by atoms with E-state index in [2.05, 4.69) is 5.32 Å². The monoisotopic (exact) mass is 223 g/mol. The molecule has 0 saturated carbocycles. The first-order chi connectivity index (χ1) is 7.84. The number of rotatable bonds is 2. The van der Waals surface area contributed by atoms with Gasteiger partial charge in [0.15, 0.2) is 0 Å². The molecule has 0 radical (unpaired) electrons. The van der Waals surface area contributed by atoms with Gasteiger partial charge in [0, 0.05) is 18.8 Å². The van der Waals surface area contributed by atoms with Gasteiger partial charge in [-0.25, -0.2) is 0 Å². The zero-order valence-electron chi connectivity index (χ0n) is 9.61. The maximum atomic E-state index is 5.65. The molecule has 5 N–H and O–H groups in total. The van der Waals surface area contributed by atoms with Crippen LogP contribution in [0.3, 0.4) is 0 Å². The summed E-state index contributed by atoms with van der Waals surface area (Å²) in [5, 5.41) is 3.16. The Balaban J connectivity index is 0.000000181. The summed E-state index contributed by atoms with van der Waals surface area (Å²) in [5.41, 5.74) is 13.0. The number of ether oxygens (including phenoxy) is 1. The van der Waals surface area contributed by atoms with E-state index in [4.69, 9.17) is 16.2 Å². The molecular weight excluding hydrogens is 202 g/mol. The molecule has 1 fully saturated rings. The van der Waals surface area contributed by atoms with Crippen LogP contribution in [0.25, 0.3) is 0 Å². The predicted octanol–water partition coefficient (Wildman–Crippen LogP) is 0.376. The lowest BCUT2D eigenvalue weighted by Crippen LogP contribution is -2.30. The molecule has 0 atom stereocenters. The highest BCUT2D eigenvalue weighted by molar-refractivity contribution is 5.46. The molecule has 1 aliphatic heterocycles. The van der Waals surface area contributed by atoms with Crippen LogP contribution in [0.1, 0.15) is 5.56 Å². The fraction of sp³-hybridized carbons (Fsp3) is 0.500.